The number of carboxylic acids is 1. The van der Waals surface area contributed by atoms with E-state index < -0.39 is 5.97 Å². The van der Waals surface area contributed by atoms with Gasteiger partial charge in [-0.3, -0.25) is 0 Å². The molecule has 0 fully saturated rings. The van der Waals surface area contributed by atoms with E-state index in [1.165, 1.54) is 12.2 Å². The van der Waals surface area contributed by atoms with E-state index in [9.17, 15) is 4.79 Å². The summed E-state index contributed by atoms with van der Waals surface area (Å²) in [5.41, 5.74) is 4.70. The van der Waals surface area contributed by atoms with E-state index in [0.29, 0.717) is 0 Å². The van der Waals surface area contributed by atoms with E-state index in [0.717, 1.165) is 0 Å². The first kappa shape index (κ1) is 9.71. The van der Waals surface area contributed by atoms with Gasteiger partial charge in [0.05, 0.1) is 0 Å². The molecule has 0 saturated heterocycles. The number of hydrogen-bond donors (Lipinski definition) is 2. The number of amidine groups is 1. The Bertz CT molecular complexity index is 229. The summed E-state index contributed by atoms with van der Waals surface area (Å²) >= 11 is 5.14. The van der Waals surface area contributed by atoms with Crippen LogP contribution < -0.4 is 5.73 Å². The van der Waals surface area contributed by atoms with Crippen molar-refractivity contribution in [3.63, 3.8) is 0 Å². The molecule has 0 radical (unpaired) electrons. The lowest BCUT2D eigenvalue weighted by atomic mass is 10.4. The molecule has 0 aromatic rings. The summed E-state index contributed by atoms with van der Waals surface area (Å²) in [6, 6.07) is 0. The van der Waals surface area contributed by atoms with E-state index in [1.54, 1.807) is 0 Å². The van der Waals surface area contributed by atoms with Crippen molar-refractivity contribution in [2.45, 2.75) is 0 Å². The van der Waals surface area contributed by atoms with Crippen LogP contribution in [-0.4, -0.2) is 16.4 Å². The normalized spacial score (nSPS) is 12.8. The average molecular weight is 175 g/mol. The Balaban J connectivity index is 4.63. The van der Waals surface area contributed by atoms with Crippen molar-refractivity contribution >= 4 is 22.9 Å². The molecule has 0 spiro atoms. The highest BCUT2D eigenvalue weighted by Crippen LogP contribution is 1.97. The summed E-state index contributed by atoms with van der Waals surface area (Å²) in [6.07, 6.45) is 2.48. The molecule has 0 bridgehead atoms. The van der Waals surface area contributed by atoms with Crippen molar-refractivity contribution in [2.24, 2.45) is 10.7 Å². The second-order valence-electron chi connectivity index (χ2n) is 1.53. The Hall–Kier alpha value is -1.29. The fourth-order valence-electron chi connectivity index (χ4n) is 0.383. The lowest BCUT2D eigenvalue weighted by molar-refractivity contribution is -0.132. The van der Waals surface area contributed by atoms with Crippen molar-refractivity contribution in [1.82, 2.24) is 0 Å². The van der Waals surface area contributed by atoms with Gasteiger partial charge in [0.25, 0.3) is 0 Å². The van der Waals surface area contributed by atoms with E-state index in [1.807, 2.05) is 0 Å². The second kappa shape index (κ2) is 4.51. The van der Waals surface area contributed by atoms with Crippen LogP contribution in [0.2, 0.25) is 0 Å². The molecule has 0 amide bonds. The molecule has 60 valence electrons. The Morgan fingerprint density at radius 2 is 2.27 bits per heavy atom. The molecule has 0 saturated carbocycles. The van der Waals surface area contributed by atoms with Crippen LogP contribution in [0.25, 0.3) is 0 Å². The van der Waals surface area contributed by atoms with Gasteiger partial charge in [-0.25, -0.2) is 9.79 Å². The molecule has 0 aromatic carbocycles. The Morgan fingerprint density at radius 3 is 2.55 bits per heavy atom. The van der Waals surface area contributed by atoms with Gasteiger partial charge >= 0.3 is 5.97 Å². The van der Waals surface area contributed by atoms with Gasteiger partial charge in [-0.15, -0.1) is 0 Å². The van der Waals surface area contributed by atoms with Crippen molar-refractivity contribution in [1.29, 1.82) is 0 Å². The number of hydrogen-bond acceptors (Lipinski definition) is 2. The summed E-state index contributed by atoms with van der Waals surface area (Å²) in [5, 5.41) is 8.10. The predicted octanol–water partition coefficient (Wildman–Crippen LogP) is 0.694. The van der Waals surface area contributed by atoms with Crippen LogP contribution in [0.3, 0.4) is 0 Å². The van der Waals surface area contributed by atoms with Crippen LogP contribution in [0.4, 0.5) is 0 Å². The Labute approximate surface area is 68.7 Å². The molecule has 0 aromatic heterocycles. The van der Waals surface area contributed by atoms with Crippen LogP contribution in [0.15, 0.2) is 29.4 Å². The zero-order valence-corrected chi connectivity index (χ0v) is 6.38. The molecule has 0 aliphatic rings. The van der Waals surface area contributed by atoms with Gasteiger partial charge < -0.3 is 10.8 Å². The van der Waals surface area contributed by atoms with Crippen LogP contribution in [0.1, 0.15) is 0 Å². The molecule has 0 rings (SSSR count). The first-order chi connectivity index (χ1) is 5.07. The molecule has 0 unspecified atom stereocenters. The zero-order valence-electron chi connectivity index (χ0n) is 5.62. The maximum Gasteiger partial charge on any atom is 0.354 e. The standard InChI is InChI=1S/C6H7ClN2O2/c1-2-3-4(5(10)11)9-6(7)8/h2-3H,1H2,(H2,8,9)(H,10,11)/b4-3-. The summed E-state index contributed by atoms with van der Waals surface area (Å²) in [5.74, 6) is -1.20. The number of aliphatic imine (C=N–C) groups is 1. The number of aliphatic carboxylic acids is 1. The van der Waals surface area contributed by atoms with Gasteiger partial charge in [-0.1, -0.05) is 12.7 Å². The van der Waals surface area contributed by atoms with Crippen molar-refractivity contribution in [3.05, 3.63) is 24.4 Å². The number of allylic oxidation sites excluding steroid dienone is 2. The summed E-state index contributed by atoms with van der Waals surface area (Å²) in [4.78, 5) is 13.6. The SMILES string of the molecule is C=C/C=C(\N=C(N)Cl)C(=O)O. The largest absolute Gasteiger partial charge is 0.477 e. The number of halogens is 1. The molecule has 11 heavy (non-hydrogen) atoms. The molecule has 4 nitrogen and oxygen atoms in total. The number of carbonyl (C=O) groups is 1. The first-order valence-corrected chi connectivity index (χ1v) is 3.01. The van der Waals surface area contributed by atoms with E-state index in [-0.39, 0.29) is 11.0 Å². The molecule has 0 aliphatic carbocycles. The minimum absolute atomic E-state index is 0.243. The summed E-state index contributed by atoms with van der Waals surface area (Å²) in [7, 11) is 0. The average Bonchev–Trinajstić information content (AvgIpc) is 1.86. The quantitative estimate of drug-likeness (QED) is 0.217. The number of carboxylic acid groups (broad SMARTS) is 1. The topological polar surface area (TPSA) is 75.7 Å². The van der Waals surface area contributed by atoms with Crippen LogP contribution in [0.5, 0.6) is 0 Å². The predicted molar refractivity (Wildman–Crippen MR) is 43.4 cm³/mol. The number of rotatable bonds is 3. The van der Waals surface area contributed by atoms with Crippen LogP contribution in [-0.2, 0) is 4.79 Å². The monoisotopic (exact) mass is 174 g/mol. The molecule has 5 heteroatoms. The molecular weight excluding hydrogens is 168 g/mol. The fourth-order valence-corrected chi connectivity index (χ4v) is 0.474. The third-order valence-electron chi connectivity index (χ3n) is 0.722. The smallest absolute Gasteiger partial charge is 0.354 e. The lowest BCUT2D eigenvalue weighted by Gasteiger charge is -1.91. The van der Waals surface area contributed by atoms with Crippen molar-refractivity contribution < 1.29 is 9.90 Å². The molecular formula is C6H7ClN2O2. The Kier molecular flexibility index (Phi) is 3.98. The third kappa shape index (κ3) is 4.16. The second-order valence-corrected chi connectivity index (χ2v) is 1.91. The van der Waals surface area contributed by atoms with E-state index in [4.69, 9.17) is 22.4 Å². The van der Waals surface area contributed by atoms with Gasteiger partial charge in [-0.05, 0) is 17.7 Å². The van der Waals surface area contributed by atoms with Crippen molar-refractivity contribution in [2.75, 3.05) is 0 Å². The van der Waals surface area contributed by atoms with Crippen LogP contribution >= 0.6 is 11.6 Å². The minimum Gasteiger partial charge on any atom is -0.477 e. The van der Waals surface area contributed by atoms with E-state index >= 15 is 0 Å². The highest BCUT2D eigenvalue weighted by atomic mass is 35.5. The number of nitrogens with zero attached hydrogens (tertiary/aromatic N) is 1. The first-order valence-electron chi connectivity index (χ1n) is 2.63. The minimum atomic E-state index is -1.20. The molecule has 0 heterocycles. The van der Waals surface area contributed by atoms with Gasteiger partial charge in [0, 0.05) is 0 Å². The van der Waals surface area contributed by atoms with Gasteiger partial charge in [0.15, 0.2) is 11.0 Å². The highest BCUT2D eigenvalue weighted by Gasteiger charge is 2.03. The third-order valence-corrected chi connectivity index (χ3v) is 0.807. The van der Waals surface area contributed by atoms with Crippen molar-refractivity contribution in [3.8, 4) is 0 Å². The highest BCUT2D eigenvalue weighted by molar-refractivity contribution is 6.64. The van der Waals surface area contributed by atoms with Crippen LogP contribution in [0, 0.1) is 0 Å². The maximum atomic E-state index is 10.3. The molecule has 0 atom stereocenters. The Morgan fingerprint density at radius 1 is 1.73 bits per heavy atom. The summed E-state index contributed by atoms with van der Waals surface area (Å²) in [6.45, 7) is 3.30. The summed E-state index contributed by atoms with van der Waals surface area (Å²) < 4.78 is 0. The van der Waals surface area contributed by atoms with E-state index in [2.05, 4.69) is 11.6 Å². The molecule has 0 aliphatic heterocycles. The lowest BCUT2D eigenvalue weighted by Crippen LogP contribution is -2.06. The maximum absolute atomic E-state index is 10.3. The van der Waals surface area contributed by atoms with Gasteiger partial charge in [-0.2, -0.15) is 0 Å². The number of nitrogens with two attached hydrogens (primary N) is 1. The van der Waals surface area contributed by atoms with Gasteiger partial charge in [0.1, 0.15) is 0 Å². The molecule has 3 N–H and O–H groups in total. The van der Waals surface area contributed by atoms with Gasteiger partial charge in [0.2, 0.25) is 0 Å². The zero-order chi connectivity index (χ0) is 8.85. The fraction of sp³-hybridized carbons (Fsp3) is 0.